The maximum absolute atomic E-state index is 9.12. The zero-order valence-electron chi connectivity index (χ0n) is 11.7. The van der Waals surface area contributed by atoms with Crippen molar-refractivity contribution in [3.8, 4) is 0 Å². The molecule has 0 spiro atoms. The minimum absolute atomic E-state index is 0.0137. The molecule has 4 nitrogen and oxygen atoms in total. The van der Waals surface area contributed by atoms with Crippen molar-refractivity contribution >= 4 is 24.2 Å². The Balaban J connectivity index is 2.39. The van der Waals surface area contributed by atoms with Crippen LogP contribution in [0.3, 0.4) is 0 Å². The monoisotopic (exact) mass is 283 g/mol. The molecule has 1 saturated heterocycles. The van der Waals surface area contributed by atoms with Crippen LogP contribution in [-0.4, -0.2) is 35.0 Å². The number of aromatic nitrogens is 1. The van der Waals surface area contributed by atoms with Crippen LogP contribution in [-0.2, 0) is 15.7 Å². The molecule has 19 heavy (non-hydrogen) atoms. The lowest BCUT2D eigenvalue weighted by Crippen LogP contribution is -2.41. The van der Waals surface area contributed by atoms with E-state index < -0.39 is 18.3 Å². The summed E-state index contributed by atoms with van der Waals surface area (Å²) < 4.78 is 12.0. The van der Waals surface area contributed by atoms with Crippen LogP contribution in [0.1, 0.15) is 33.4 Å². The third kappa shape index (κ3) is 2.65. The quantitative estimate of drug-likeness (QED) is 0.856. The molecule has 1 aliphatic rings. The van der Waals surface area contributed by atoms with E-state index in [1.165, 1.54) is 0 Å². The molecule has 0 unspecified atom stereocenters. The highest BCUT2D eigenvalue weighted by Gasteiger charge is 2.52. The molecule has 0 amide bonds. The number of rotatable bonds is 3. The second kappa shape index (κ2) is 5.06. The van der Waals surface area contributed by atoms with Gasteiger partial charge in [-0.05, 0) is 33.8 Å². The van der Waals surface area contributed by atoms with E-state index in [-0.39, 0.29) is 6.61 Å². The van der Waals surface area contributed by atoms with Gasteiger partial charge >= 0.3 is 7.12 Å². The van der Waals surface area contributed by atoms with Gasteiger partial charge in [-0.15, -0.1) is 0 Å². The van der Waals surface area contributed by atoms with E-state index in [1.54, 1.807) is 12.3 Å². The van der Waals surface area contributed by atoms with Crippen molar-refractivity contribution in [3.05, 3.63) is 23.0 Å². The number of halogens is 1. The molecule has 1 aromatic heterocycles. The van der Waals surface area contributed by atoms with E-state index in [0.29, 0.717) is 17.1 Å². The van der Waals surface area contributed by atoms with Crippen molar-refractivity contribution in [2.24, 2.45) is 0 Å². The van der Waals surface area contributed by atoms with Crippen LogP contribution in [0.25, 0.3) is 0 Å². The maximum Gasteiger partial charge on any atom is 0.498 e. The van der Waals surface area contributed by atoms with E-state index in [4.69, 9.17) is 26.0 Å². The first-order chi connectivity index (χ1) is 8.78. The predicted molar refractivity (Wildman–Crippen MR) is 75.8 cm³/mol. The van der Waals surface area contributed by atoms with Crippen molar-refractivity contribution in [3.63, 3.8) is 0 Å². The van der Waals surface area contributed by atoms with Gasteiger partial charge < -0.3 is 14.4 Å². The van der Waals surface area contributed by atoms with Crippen molar-refractivity contribution in [2.45, 2.75) is 45.3 Å². The molecular weight excluding hydrogens is 264 g/mol. The summed E-state index contributed by atoms with van der Waals surface area (Å²) in [6.07, 6.45) is 2.06. The van der Waals surface area contributed by atoms with Gasteiger partial charge in [-0.25, -0.2) is 0 Å². The molecule has 2 heterocycles. The van der Waals surface area contributed by atoms with E-state index in [9.17, 15) is 0 Å². The Labute approximate surface area is 119 Å². The fraction of sp³-hybridized carbons (Fsp3) is 0.615. The van der Waals surface area contributed by atoms with Gasteiger partial charge in [-0.1, -0.05) is 11.6 Å². The Kier molecular flexibility index (Phi) is 3.93. The van der Waals surface area contributed by atoms with Gasteiger partial charge in [0.05, 0.1) is 11.2 Å². The maximum atomic E-state index is 9.12. The molecule has 0 atom stereocenters. The Morgan fingerprint density at radius 1 is 1.26 bits per heavy atom. The zero-order valence-corrected chi connectivity index (χ0v) is 12.5. The summed E-state index contributed by atoms with van der Waals surface area (Å²) in [6, 6.07) is 1.71. The summed E-state index contributed by atoms with van der Waals surface area (Å²) in [5.41, 5.74) is 0.589. The first-order valence-corrected chi connectivity index (χ1v) is 6.76. The molecule has 1 aromatic rings. The zero-order chi connectivity index (χ0) is 14.3. The minimum atomic E-state index is -0.548. The van der Waals surface area contributed by atoms with E-state index >= 15 is 0 Å². The highest BCUT2D eigenvalue weighted by atomic mass is 35.5. The molecule has 6 heteroatoms. The molecule has 0 saturated carbocycles. The molecule has 0 bridgehead atoms. The van der Waals surface area contributed by atoms with Crippen molar-refractivity contribution in [2.75, 3.05) is 6.61 Å². The Bertz CT molecular complexity index is 463. The summed E-state index contributed by atoms with van der Waals surface area (Å²) in [4.78, 5) is 4.26. The third-order valence-electron chi connectivity index (χ3n) is 3.86. The second-order valence-electron chi connectivity index (χ2n) is 5.72. The van der Waals surface area contributed by atoms with Gasteiger partial charge in [0, 0.05) is 35.4 Å². The average molecular weight is 284 g/mol. The Hall–Kier alpha value is -0.615. The highest BCUT2D eigenvalue weighted by Crippen LogP contribution is 2.37. The van der Waals surface area contributed by atoms with E-state index in [1.807, 2.05) is 27.7 Å². The fourth-order valence-electron chi connectivity index (χ4n) is 2.00. The largest absolute Gasteiger partial charge is 0.498 e. The second-order valence-corrected chi connectivity index (χ2v) is 6.12. The standard InChI is InChI=1S/C13H19BClNO3/c1-12(2)13(3,4)19-14(18-12)11-9(15)5-7-16-10(11)6-8-17/h5,7,17H,6,8H2,1-4H3. The lowest BCUT2D eigenvalue weighted by molar-refractivity contribution is 0.00578. The summed E-state index contributed by atoms with van der Waals surface area (Å²) in [7, 11) is -0.548. The molecule has 1 N–H and O–H groups in total. The molecule has 0 aromatic carbocycles. The number of hydrogen-bond acceptors (Lipinski definition) is 4. The van der Waals surface area contributed by atoms with Gasteiger partial charge in [0.2, 0.25) is 0 Å². The third-order valence-corrected chi connectivity index (χ3v) is 4.19. The summed E-state index contributed by atoms with van der Waals surface area (Å²) >= 11 is 6.25. The Morgan fingerprint density at radius 2 is 1.84 bits per heavy atom. The average Bonchev–Trinajstić information content (AvgIpc) is 2.48. The number of hydrogen-bond donors (Lipinski definition) is 1. The number of nitrogens with zero attached hydrogens (tertiary/aromatic N) is 1. The number of aliphatic hydroxyl groups is 1. The molecule has 1 aliphatic heterocycles. The van der Waals surface area contributed by atoms with Crippen LogP contribution < -0.4 is 5.46 Å². The van der Waals surface area contributed by atoms with Crippen LogP contribution in [0.5, 0.6) is 0 Å². The van der Waals surface area contributed by atoms with E-state index in [2.05, 4.69) is 4.98 Å². The summed E-state index contributed by atoms with van der Waals surface area (Å²) in [5.74, 6) is 0. The van der Waals surface area contributed by atoms with Crippen LogP contribution in [0.4, 0.5) is 0 Å². The van der Waals surface area contributed by atoms with Gasteiger partial charge in [0.25, 0.3) is 0 Å². The van der Waals surface area contributed by atoms with Crippen LogP contribution in [0, 0.1) is 0 Å². The summed E-state index contributed by atoms with van der Waals surface area (Å²) in [5, 5.41) is 9.67. The lowest BCUT2D eigenvalue weighted by atomic mass is 9.77. The normalized spacial score (nSPS) is 20.8. The highest BCUT2D eigenvalue weighted by molar-refractivity contribution is 6.66. The molecule has 0 aliphatic carbocycles. The minimum Gasteiger partial charge on any atom is -0.399 e. The molecule has 2 rings (SSSR count). The molecular formula is C13H19BClNO3. The van der Waals surface area contributed by atoms with Crippen LogP contribution >= 0.6 is 11.6 Å². The smallest absolute Gasteiger partial charge is 0.399 e. The first-order valence-electron chi connectivity index (χ1n) is 6.38. The van der Waals surface area contributed by atoms with Crippen molar-refractivity contribution < 1.29 is 14.4 Å². The van der Waals surface area contributed by atoms with Gasteiger partial charge in [-0.2, -0.15) is 0 Å². The molecule has 1 fully saturated rings. The molecule has 104 valence electrons. The van der Waals surface area contributed by atoms with Gasteiger partial charge in [0.1, 0.15) is 0 Å². The number of aliphatic hydroxyl groups excluding tert-OH is 1. The van der Waals surface area contributed by atoms with Gasteiger partial charge in [0.15, 0.2) is 0 Å². The van der Waals surface area contributed by atoms with E-state index in [0.717, 1.165) is 5.46 Å². The topological polar surface area (TPSA) is 51.6 Å². The van der Waals surface area contributed by atoms with Crippen LogP contribution in [0.15, 0.2) is 12.3 Å². The number of pyridine rings is 1. The first kappa shape index (κ1) is 14.8. The molecule has 0 radical (unpaired) electrons. The van der Waals surface area contributed by atoms with Crippen LogP contribution in [0.2, 0.25) is 5.02 Å². The van der Waals surface area contributed by atoms with Crippen molar-refractivity contribution in [1.82, 2.24) is 4.98 Å². The predicted octanol–water partition coefficient (Wildman–Crippen LogP) is 1.57. The van der Waals surface area contributed by atoms with Gasteiger partial charge in [-0.3, -0.25) is 4.98 Å². The SMILES string of the molecule is CC1(C)OB(c2c(Cl)ccnc2CCO)OC1(C)C. The summed E-state index contributed by atoms with van der Waals surface area (Å²) in [6.45, 7) is 7.97. The fourth-order valence-corrected chi connectivity index (χ4v) is 2.26. The Morgan fingerprint density at radius 3 is 2.37 bits per heavy atom. The van der Waals surface area contributed by atoms with Crippen molar-refractivity contribution in [1.29, 1.82) is 0 Å². The lowest BCUT2D eigenvalue weighted by Gasteiger charge is -2.32.